The number of nitrogens with one attached hydrogen (secondary N) is 2. The topological polar surface area (TPSA) is 113 Å². The van der Waals surface area contributed by atoms with Crippen LogP contribution in [0.25, 0.3) is 0 Å². The van der Waals surface area contributed by atoms with Crippen molar-refractivity contribution in [1.82, 2.24) is 20.1 Å². The van der Waals surface area contributed by atoms with Crippen molar-refractivity contribution < 1.29 is 4.79 Å². The van der Waals surface area contributed by atoms with E-state index in [-0.39, 0.29) is 35.7 Å². The van der Waals surface area contributed by atoms with Crippen molar-refractivity contribution >= 4 is 27.5 Å². The van der Waals surface area contributed by atoms with Crippen molar-refractivity contribution in [2.75, 3.05) is 5.32 Å². The number of hydrogen-bond donors (Lipinski definition) is 2. The van der Waals surface area contributed by atoms with Crippen LogP contribution in [0.5, 0.6) is 0 Å². The van der Waals surface area contributed by atoms with Crippen molar-refractivity contribution in [2.45, 2.75) is 53.2 Å². The van der Waals surface area contributed by atoms with Gasteiger partial charge in [-0.25, -0.2) is 4.68 Å². The van der Waals surface area contributed by atoms with Gasteiger partial charge < -0.3 is 10.6 Å². The Hall–Kier alpha value is -2.73. The Morgan fingerprint density at radius 1 is 1.34 bits per heavy atom. The standard InChI is InChI=1S/C23H29BrN6O2/c1-14-9-18(17(10-25)15(2)23(14,3)4)29-19-12-28-30(22(32)21(19)24)13-20(31)27-11-16-5-7-26-8-6-16/h5-8,12,14-15,17-18,29H,9,11,13H2,1-4H3,(H,27,31)/t14-,15+,17+,18+/m0/s1. The highest BCUT2D eigenvalue weighted by Gasteiger charge is 2.46. The van der Waals surface area contributed by atoms with Crippen LogP contribution in [-0.2, 0) is 17.9 Å². The molecule has 1 fully saturated rings. The maximum Gasteiger partial charge on any atom is 0.283 e. The fourth-order valence-corrected chi connectivity index (χ4v) is 4.63. The molecule has 0 spiro atoms. The highest BCUT2D eigenvalue weighted by Crippen LogP contribution is 2.48. The number of carbonyl (C=O) groups is 1. The number of halogens is 1. The molecule has 0 aliphatic heterocycles. The lowest BCUT2D eigenvalue weighted by atomic mass is 9.58. The first-order valence-electron chi connectivity index (χ1n) is 10.7. The van der Waals surface area contributed by atoms with Crippen LogP contribution in [0.3, 0.4) is 0 Å². The number of aromatic nitrogens is 3. The van der Waals surface area contributed by atoms with Crippen LogP contribution in [0.15, 0.2) is 40.0 Å². The number of amides is 1. The largest absolute Gasteiger partial charge is 0.379 e. The third-order valence-corrected chi connectivity index (χ3v) is 7.80. The first kappa shape index (κ1) is 23.9. The lowest BCUT2D eigenvalue weighted by molar-refractivity contribution is -0.122. The Morgan fingerprint density at radius 2 is 2.03 bits per heavy atom. The summed E-state index contributed by atoms with van der Waals surface area (Å²) in [5.74, 6) is 0.112. The predicted molar refractivity (Wildman–Crippen MR) is 126 cm³/mol. The number of nitrogens with zero attached hydrogens (tertiary/aromatic N) is 4. The van der Waals surface area contributed by atoms with Crippen LogP contribution in [0.2, 0.25) is 0 Å². The van der Waals surface area contributed by atoms with Crippen LogP contribution in [0.1, 0.15) is 39.7 Å². The van der Waals surface area contributed by atoms with E-state index in [0.717, 1.165) is 16.7 Å². The van der Waals surface area contributed by atoms with Gasteiger partial charge in [0.25, 0.3) is 5.56 Å². The molecule has 0 aromatic carbocycles. The number of pyridine rings is 1. The van der Waals surface area contributed by atoms with Crippen LogP contribution < -0.4 is 16.2 Å². The zero-order valence-electron chi connectivity index (χ0n) is 18.8. The average molecular weight is 501 g/mol. The van der Waals surface area contributed by atoms with E-state index in [9.17, 15) is 14.9 Å². The van der Waals surface area contributed by atoms with Gasteiger partial charge in [0.15, 0.2) is 0 Å². The van der Waals surface area contributed by atoms with Crippen molar-refractivity contribution in [1.29, 1.82) is 5.26 Å². The molecule has 32 heavy (non-hydrogen) atoms. The molecule has 0 bridgehead atoms. The fraction of sp³-hybridized carbons (Fsp3) is 0.522. The van der Waals surface area contributed by atoms with Gasteiger partial charge in [0.05, 0.1) is 23.9 Å². The summed E-state index contributed by atoms with van der Waals surface area (Å²) < 4.78 is 1.42. The molecule has 3 rings (SSSR count). The molecule has 2 aromatic rings. The van der Waals surface area contributed by atoms with E-state index in [0.29, 0.717) is 22.6 Å². The molecule has 170 valence electrons. The van der Waals surface area contributed by atoms with E-state index in [2.05, 4.69) is 70.4 Å². The zero-order valence-corrected chi connectivity index (χ0v) is 20.4. The molecule has 1 saturated carbocycles. The molecule has 2 heterocycles. The molecular weight excluding hydrogens is 472 g/mol. The van der Waals surface area contributed by atoms with Gasteiger partial charge in [-0.15, -0.1) is 0 Å². The molecule has 2 aromatic heterocycles. The maximum absolute atomic E-state index is 12.8. The van der Waals surface area contributed by atoms with E-state index in [4.69, 9.17) is 0 Å². The molecule has 4 atom stereocenters. The number of anilines is 1. The van der Waals surface area contributed by atoms with Crippen LogP contribution in [0.4, 0.5) is 5.69 Å². The van der Waals surface area contributed by atoms with Crippen molar-refractivity contribution in [3.63, 3.8) is 0 Å². The van der Waals surface area contributed by atoms with E-state index in [1.54, 1.807) is 12.4 Å². The average Bonchev–Trinajstić information content (AvgIpc) is 2.77. The van der Waals surface area contributed by atoms with Gasteiger partial charge in [0.1, 0.15) is 11.0 Å². The molecule has 8 nitrogen and oxygen atoms in total. The normalized spacial score (nSPS) is 24.4. The van der Waals surface area contributed by atoms with Crippen LogP contribution >= 0.6 is 15.9 Å². The molecule has 0 saturated heterocycles. The number of nitriles is 1. The Labute approximate surface area is 196 Å². The molecular formula is C23H29BrN6O2. The Balaban J connectivity index is 1.70. The van der Waals surface area contributed by atoms with Crippen molar-refractivity contribution in [2.24, 2.45) is 23.2 Å². The van der Waals surface area contributed by atoms with E-state index in [1.807, 2.05) is 12.1 Å². The molecule has 1 amide bonds. The lowest BCUT2D eigenvalue weighted by Gasteiger charge is -2.48. The van der Waals surface area contributed by atoms with Gasteiger partial charge >= 0.3 is 0 Å². The minimum absolute atomic E-state index is 0.0566. The fourth-order valence-electron chi connectivity index (χ4n) is 4.21. The first-order valence-corrected chi connectivity index (χ1v) is 11.5. The van der Waals surface area contributed by atoms with Gasteiger partial charge in [0, 0.05) is 25.0 Å². The summed E-state index contributed by atoms with van der Waals surface area (Å²) >= 11 is 3.36. The van der Waals surface area contributed by atoms with Crippen molar-refractivity contribution in [3.8, 4) is 6.07 Å². The number of rotatable bonds is 6. The molecule has 2 N–H and O–H groups in total. The number of carbonyl (C=O) groups excluding carboxylic acids is 1. The highest BCUT2D eigenvalue weighted by atomic mass is 79.9. The van der Waals surface area contributed by atoms with Gasteiger partial charge in [0.2, 0.25) is 5.91 Å². The summed E-state index contributed by atoms with van der Waals surface area (Å²) in [5.41, 5.74) is 1.11. The molecule has 9 heteroatoms. The molecule has 0 unspecified atom stereocenters. The predicted octanol–water partition coefficient (Wildman–Crippen LogP) is 3.34. The summed E-state index contributed by atoms with van der Waals surface area (Å²) in [6.07, 6.45) is 5.66. The summed E-state index contributed by atoms with van der Waals surface area (Å²) in [7, 11) is 0. The Bertz CT molecular complexity index is 1060. The van der Waals surface area contributed by atoms with Gasteiger partial charge in [-0.2, -0.15) is 10.4 Å². The number of hydrogen-bond acceptors (Lipinski definition) is 6. The molecule has 1 aliphatic rings. The third kappa shape index (κ3) is 5.01. The summed E-state index contributed by atoms with van der Waals surface area (Å²) in [4.78, 5) is 29.0. The quantitative estimate of drug-likeness (QED) is 0.628. The minimum atomic E-state index is -0.403. The molecule has 0 radical (unpaired) electrons. The zero-order chi connectivity index (χ0) is 23.5. The SMILES string of the molecule is C[C@@H]1[C@@H](C#N)[C@H](Nc2cnn(CC(=O)NCc3ccncc3)c(=O)c2Br)C[C@H](C)C1(C)C. The van der Waals surface area contributed by atoms with E-state index in [1.165, 1.54) is 6.20 Å². The van der Waals surface area contributed by atoms with Gasteiger partial charge in [-0.3, -0.25) is 14.6 Å². The second kappa shape index (κ2) is 9.82. The van der Waals surface area contributed by atoms with Crippen LogP contribution in [0, 0.1) is 34.5 Å². The monoisotopic (exact) mass is 500 g/mol. The highest BCUT2D eigenvalue weighted by molar-refractivity contribution is 9.10. The summed E-state index contributed by atoms with van der Waals surface area (Å²) in [6.45, 7) is 8.90. The first-order chi connectivity index (χ1) is 15.1. The smallest absolute Gasteiger partial charge is 0.283 e. The minimum Gasteiger partial charge on any atom is -0.379 e. The lowest BCUT2D eigenvalue weighted by Crippen LogP contribution is -2.48. The second-order valence-corrected chi connectivity index (χ2v) is 9.91. The summed E-state index contributed by atoms with van der Waals surface area (Å²) in [6, 6.07) is 5.99. The van der Waals surface area contributed by atoms with E-state index >= 15 is 0 Å². The third-order valence-electron chi connectivity index (χ3n) is 7.03. The Morgan fingerprint density at radius 3 is 2.69 bits per heavy atom. The van der Waals surface area contributed by atoms with E-state index < -0.39 is 5.56 Å². The van der Waals surface area contributed by atoms with Crippen LogP contribution in [-0.4, -0.2) is 26.7 Å². The van der Waals surface area contributed by atoms with Crippen molar-refractivity contribution in [3.05, 3.63) is 51.1 Å². The Kier molecular flexibility index (Phi) is 7.34. The second-order valence-electron chi connectivity index (χ2n) is 9.12. The maximum atomic E-state index is 12.8. The van der Waals surface area contributed by atoms with Gasteiger partial charge in [-0.1, -0.05) is 27.7 Å². The molecule has 1 aliphatic carbocycles. The van der Waals surface area contributed by atoms with Gasteiger partial charge in [-0.05, 0) is 57.3 Å². The summed E-state index contributed by atoms with van der Waals surface area (Å²) in [5, 5.41) is 20.1.